The lowest BCUT2D eigenvalue weighted by atomic mass is 9.77. The Labute approximate surface area is 130 Å². The van der Waals surface area contributed by atoms with Crippen molar-refractivity contribution in [3.8, 4) is 5.75 Å². The van der Waals surface area contributed by atoms with E-state index < -0.39 is 0 Å². The summed E-state index contributed by atoms with van der Waals surface area (Å²) in [5, 5.41) is 4.41. The Kier molecular flexibility index (Phi) is 5.08. The number of aryl methyl sites for hydroxylation is 1. The standard InChI is InChI=1S/C16H19NOS.ClH/c1-18-13-3-4-14-12(9-13)2-5-16(17)15(14)8-11-6-7-19-10-11;/h3-4,6-7,9-10,15-16H,2,5,8,17H2,1H3;1H/t15-,16+;/m0./s1. The van der Waals surface area contributed by atoms with Gasteiger partial charge in [0.2, 0.25) is 0 Å². The zero-order valence-corrected chi connectivity index (χ0v) is 13.2. The number of quaternary nitrogens is 1. The molecule has 3 N–H and O–H groups in total. The SMILES string of the molecule is COc1ccc2c(c1)CC[C@@H]([NH3+])[C@H]2Cc1ccsc1.[Cl-]. The molecule has 3 rings (SSSR count). The van der Waals surface area contributed by atoms with Gasteiger partial charge in [0.1, 0.15) is 5.75 Å². The van der Waals surface area contributed by atoms with Crippen LogP contribution in [0.3, 0.4) is 0 Å². The van der Waals surface area contributed by atoms with E-state index in [-0.39, 0.29) is 12.4 Å². The zero-order valence-electron chi connectivity index (χ0n) is 11.6. The monoisotopic (exact) mass is 309 g/mol. The zero-order chi connectivity index (χ0) is 13.2. The van der Waals surface area contributed by atoms with E-state index in [1.165, 1.54) is 23.1 Å². The largest absolute Gasteiger partial charge is 1.00 e. The molecule has 2 atom stereocenters. The number of ether oxygens (including phenoxy) is 1. The highest BCUT2D eigenvalue weighted by atomic mass is 35.5. The summed E-state index contributed by atoms with van der Waals surface area (Å²) in [6.07, 6.45) is 3.41. The van der Waals surface area contributed by atoms with Crippen LogP contribution in [0.2, 0.25) is 0 Å². The predicted molar refractivity (Wildman–Crippen MR) is 78.8 cm³/mol. The van der Waals surface area contributed by atoms with E-state index in [1.807, 2.05) is 0 Å². The van der Waals surface area contributed by atoms with Crippen LogP contribution in [-0.4, -0.2) is 13.2 Å². The van der Waals surface area contributed by atoms with Gasteiger partial charge in [0.25, 0.3) is 0 Å². The smallest absolute Gasteiger partial charge is 0.119 e. The Morgan fingerprint density at radius 3 is 2.90 bits per heavy atom. The molecule has 0 saturated carbocycles. The van der Waals surface area contributed by atoms with Crippen LogP contribution in [0.5, 0.6) is 5.75 Å². The van der Waals surface area contributed by atoms with Crippen molar-refractivity contribution >= 4 is 11.3 Å². The minimum Gasteiger partial charge on any atom is -1.00 e. The number of methoxy groups -OCH3 is 1. The molecule has 0 radical (unpaired) electrons. The molecule has 2 aromatic rings. The number of halogens is 1. The van der Waals surface area contributed by atoms with Crippen molar-refractivity contribution in [2.24, 2.45) is 0 Å². The average Bonchev–Trinajstić information content (AvgIpc) is 2.94. The van der Waals surface area contributed by atoms with Gasteiger partial charge in [-0.1, -0.05) is 6.07 Å². The molecular weight excluding hydrogens is 290 g/mol. The first-order chi connectivity index (χ1) is 9.28. The van der Waals surface area contributed by atoms with Crippen molar-refractivity contribution in [3.63, 3.8) is 0 Å². The molecule has 2 nitrogen and oxygen atoms in total. The van der Waals surface area contributed by atoms with Gasteiger partial charge in [-0.25, -0.2) is 0 Å². The molecule has 0 amide bonds. The summed E-state index contributed by atoms with van der Waals surface area (Å²) in [4.78, 5) is 0. The minimum absolute atomic E-state index is 0. The van der Waals surface area contributed by atoms with Crippen LogP contribution >= 0.6 is 11.3 Å². The van der Waals surface area contributed by atoms with Gasteiger partial charge >= 0.3 is 0 Å². The van der Waals surface area contributed by atoms with E-state index in [1.54, 1.807) is 18.4 Å². The van der Waals surface area contributed by atoms with Crippen LogP contribution in [-0.2, 0) is 12.8 Å². The Hall–Kier alpha value is -1.03. The highest BCUT2D eigenvalue weighted by Crippen LogP contribution is 2.35. The second kappa shape index (κ2) is 6.61. The van der Waals surface area contributed by atoms with Gasteiger partial charge in [-0.15, -0.1) is 0 Å². The van der Waals surface area contributed by atoms with Gasteiger partial charge < -0.3 is 22.9 Å². The summed E-state index contributed by atoms with van der Waals surface area (Å²) < 4.78 is 5.33. The molecule has 108 valence electrons. The second-order valence-electron chi connectivity index (χ2n) is 5.31. The predicted octanol–water partition coefficient (Wildman–Crippen LogP) is -0.356. The second-order valence-corrected chi connectivity index (χ2v) is 6.09. The Morgan fingerprint density at radius 2 is 2.20 bits per heavy atom. The van der Waals surface area contributed by atoms with Crippen molar-refractivity contribution in [3.05, 3.63) is 51.7 Å². The Bertz CT molecular complexity index is 556. The summed E-state index contributed by atoms with van der Waals surface area (Å²) in [5.41, 5.74) is 8.72. The average molecular weight is 310 g/mol. The summed E-state index contributed by atoms with van der Waals surface area (Å²) >= 11 is 1.78. The lowest BCUT2D eigenvalue weighted by Gasteiger charge is -2.29. The highest BCUT2D eigenvalue weighted by Gasteiger charge is 2.30. The van der Waals surface area contributed by atoms with Crippen molar-refractivity contribution < 1.29 is 22.9 Å². The molecule has 0 spiro atoms. The van der Waals surface area contributed by atoms with E-state index in [4.69, 9.17) is 4.74 Å². The van der Waals surface area contributed by atoms with Gasteiger partial charge in [0.05, 0.1) is 13.2 Å². The summed E-state index contributed by atoms with van der Waals surface area (Å²) in [5.74, 6) is 1.51. The van der Waals surface area contributed by atoms with Crippen molar-refractivity contribution in [1.82, 2.24) is 0 Å². The third-order valence-electron chi connectivity index (χ3n) is 4.14. The molecule has 0 fully saturated rings. The number of rotatable bonds is 3. The fourth-order valence-electron chi connectivity index (χ4n) is 3.02. The first kappa shape index (κ1) is 15.4. The molecule has 1 aromatic heterocycles. The van der Waals surface area contributed by atoms with Crippen LogP contribution in [0, 0.1) is 0 Å². The highest BCUT2D eigenvalue weighted by molar-refractivity contribution is 7.07. The van der Waals surface area contributed by atoms with Crippen LogP contribution < -0.4 is 22.9 Å². The summed E-state index contributed by atoms with van der Waals surface area (Å²) in [6, 6.07) is 9.26. The summed E-state index contributed by atoms with van der Waals surface area (Å²) in [6.45, 7) is 0. The first-order valence-corrected chi connectivity index (χ1v) is 7.73. The molecule has 0 aliphatic heterocycles. The van der Waals surface area contributed by atoms with Gasteiger partial charge in [-0.2, -0.15) is 11.3 Å². The third-order valence-corrected chi connectivity index (χ3v) is 4.87. The number of hydrogen-bond donors (Lipinski definition) is 1. The van der Waals surface area contributed by atoms with E-state index in [0.717, 1.165) is 18.6 Å². The number of benzene rings is 1. The molecule has 0 unspecified atom stereocenters. The molecule has 4 heteroatoms. The van der Waals surface area contributed by atoms with Crippen molar-refractivity contribution in [1.29, 1.82) is 0 Å². The normalized spacial score (nSPS) is 20.9. The number of fused-ring (bicyclic) bond motifs is 1. The van der Waals surface area contributed by atoms with Gasteiger partial charge in [0.15, 0.2) is 0 Å². The summed E-state index contributed by atoms with van der Waals surface area (Å²) in [7, 11) is 1.73. The van der Waals surface area contributed by atoms with Gasteiger partial charge in [-0.3, -0.25) is 0 Å². The quantitative estimate of drug-likeness (QED) is 0.826. The fraction of sp³-hybridized carbons (Fsp3) is 0.375. The molecule has 0 saturated heterocycles. The van der Waals surface area contributed by atoms with E-state index in [0.29, 0.717) is 12.0 Å². The number of thiophene rings is 1. The molecule has 1 aliphatic carbocycles. The topological polar surface area (TPSA) is 36.9 Å². The molecular formula is C16H20ClNOS. The van der Waals surface area contributed by atoms with E-state index in [9.17, 15) is 0 Å². The molecule has 20 heavy (non-hydrogen) atoms. The van der Waals surface area contributed by atoms with Crippen LogP contribution in [0.1, 0.15) is 29.0 Å². The molecule has 0 bridgehead atoms. The Balaban J connectivity index is 0.00000147. The fourth-order valence-corrected chi connectivity index (χ4v) is 3.70. The van der Waals surface area contributed by atoms with Crippen LogP contribution in [0.4, 0.5) is 0 Å². The van der Waals surface area contributed by atoms with Crippen molar-refractivity contribution in [2.75, 3.05) is 7.11 Å². The minimum atomic E-state index is 0. The lowest BCUT2D eigenvalue weighted by molar-refractivity contribution is -0.428. The third kappa shape index (κ3) is 3.00. The molecule has 1 aromatic carbocycles. The van der Waals surface area contributed by atoms with E-state index in [2.05, 4.69) is 40.8 Å². The van der Waals surface area contributed by atoms with E-state index >= 15 is 0 Å². The Morgan fingerprint density at radius 1 is 1.35 bits per heavy atom. The maximum atomic E-state index is 5.33. The van der Waals surface area contributed by atoms with Gasteiger partial charge in [-0.05, 0) is 58.5 Å². The number of hydrogen-bond acceptors (Lipinski definition) is 2. The molecule has 1 heterocycles. The lowest BCUT2D eigenvalue weighted by Crippen LogP contribution is -3.00. The first-order valence-electron chi connectivity index (χ1n) is 6.79. The van der Waals surface area contributed by atoms with Crippen molar-refractivity contribution in [2.45, 2.75) is 31.2 Å². The van der Waals surface area contributed by atoms with Gasteiger partial charge in [0, 0.05) is 12.3 Å². The van der Waals surface area contributed by atoms with Crippen LogP contribution in [0.15, 0.2) is 35.0 Å². The van der Waals surface area contributed by atoms with Crippen LogP contribution in [0.25, 0.3) is 0 Å². The maximum absolute atomic E-state index is 5.33. The maximum Gasteiger partial charge on any atom is 0.119 e. The molecule has 1 aliphatic rings.